The molecule has 0 N–H and O–H groups in total. The van der Waals surface area contributed by atoms with Gasteiger partial charge in [-0.25, -0.2) is 18.6 Å². The van der Waals surface area contributed by atoms with Crippen LogP contribution in [0.15, 0.2) is 30.5 Å². The van der Waals surface area contributed by atoms with Gasteiger partial charge in [0.05, 0.1) is 0 Å². The summed E-state index contributed by atoms with van der Waals surface area (Å²) in [6, 6.07) is 8.95. The first-order chi connectivity index (χ1) is 9.83. The summed E-state index contributed by atoms with van der Waals surface area (Å²) >= 11 is -0.105. The molecule has 5 nitrogen and oxygen atoms in total. The molecule has 0 saturated heterocycles. The van der Waals surface area contributed by atoms with E-state index in [0.717, 1.165) is 0 Å². The molecule has 7 heteroatoms. The Morgan fingerprint density at radius 2 is 1.57 bits per heavy atom. The predicted molar refractivity (Wildman–Crippen MR) is 66.3 cm³/mol. The molecule has 3 rings (SSSR count). The molecule has 0 spiro atoms. The second kappa shape index (κ2) is 7.21. The topological polar surface area (TPSA) is 96.1 Å². The van der Waals surface area contributed by atoms with Crippen LogP contribution in [0.2, 0.25) is 0 Å². The Bertz CT molecular complexity index is 563. The van der Waals surface area contributed by atoms with Crippen molar-refractivity contribution in [3.63, 3.8) is 0 Å². The molecular formula is C14H16ClNO4Te. The molecule has 0 fully saturated rings. The fraction of sp³-hybridized carbons (Fsp3) is 0.357. The van der Waals surface area contributed by atoms with Crippen molar-refractivity contribution < 1.29 is 31.7 Å². The van der Waals surface area contributed by atoms with Crippen LogP contribution < -0.4 is 21.4 Å². The number of hydrogen-bond donors (Lipinski definition) is 0. The van der Waals surface area contributed by atoms with Gasteiger partial charge in [0.25, 0.3) is 0 Å². The van der Waals surface area contributed by atoms with Gasteiger partial charge in [0.1, 0.15) is 0 Å². The molecule has 0 bridgehead atoms. The summed E-state index contributed by atoms with van der Waals surface area (Å²) in [6.45, 7) is 2.15. The summed E-state index contributed by atoms with van der Waals surface area (Å²) in [6.07, 6.45) is 7.92. The molecule has 1 heterocycles. The van der Waals surface area contributed by atoms with E-state index in [2.05, 4.69) is 40.2 Å². The second-order valence-corrected chi connectivity index (χ2v) is 8.72. The van der Waals surface area contributed by atoms with E-state index >= 15 is 0 Å². The van der Waals surface area contributed by atoms with Crippen LogP contribution in [0.3, 0.4) is 0 Å². The number of aromatic nitrogens is 1. The van der Waals surface area contributed by atoms with Crippen LogP contribution in [0, 0.1) is 17.2 Å². The quantitative estimate of drug-likeness (QED) is 0.470. The molecule has 0 saturated carbocycles. The molecule has 2 aromatic rings. The summed E-state index contributed by atoms with van der Waals surface area (Å²) in [7, 11) is -4.94. The molecule has 1 aliphatic carbocycles. The molecule has 1 aromatic carbocycles. The Hall–Kier alpha value is -0.450. The van der Waals surface area contributed by atoms with Crippen LogP contribution >= 0.6 is 0 Å². The molecule has 0 amide bonds. The van der Waals surface area contributed by atoms with E-state index in [-0.39, 0.29) is 20.7 Å². The van der Waals surface area contributed by atoms with Crippen LogP contribution in [0.25, 0.3) is 5.69 Å². The number of nitrogens with zero attached hydrogens (tertiary/aromatic N) is 1. The van der Waals surface area contributed by atoms with Gasteiger partial charge >= 0.3 is 107 Å². The van der Waals surface area contributed by atoms with Gasteiger partial charge in [0.15, 0.2) is 0 Å². The minimum absolute atomic E-state index is 0.105. The number of hydrogen-bond acceptors (Lipinski definition) is 4. The van der Waals surface area contributed by atoms with E-state index in [1.807, 2.05) is 0 Å². The molecule has 114 valence electrons. The molecule has 0 atom stereocenters. The fourth-order valence-corrected chi connectivity index (χ4v) is 5.54. The number of aryl methyl sites for hydroxylation is 3. The smallest absolute Gasteiger partial charge is 0.112 e. The number of benzene rings is 1. The summed E-state index contributed by atoms with van der Waals surface area (Å²) in [5.74, 6) is 0. The largest absolute Gasteiger partial charge is 0.222 e. The minimum atomic E-state index is -4.94. The molecule has 0 radical (unpaired) electrons. The number of fused-ring (bicyclic) bond motifs is 1. The van der Waals surface area contributed by atoms with Crippen molar-refractivity contribution in [2.45, 2.75) is 32.6 Å². The van der Waals surface area contributed by atoms with Crippen molar-refractivity contribution in [3.05, 3.63) is 45.2 Å². The summed E-state index contributed by atoms with van der Waals surface area (Å²) < 4.78 is 38.3. The van der Waals surface area contributed by atoms with E-state index in [1.54, 1.807) is 9.14 Å². The van der Waals surface area contributed by atoms with Crippen LogP contribution in [-0.4, -0.2) is 20.7 Å². The van der Waals surface area contributed by atoms with Crippen molar-refractivity contribution in [3.8, 4) is 5.69 Å². The third kappa shape index (κ3) is 5.68. The molecule has 1 aromatic heterocycles. The molecule has 21 heavy (non-hydrogen) atoms. The van der Waals surface area contributed by atoms with Crippen molar-refractivity contribution in [2.24, 2.45) is 0 Å². The van der Waals surface area contributed by atoms with Crippen LogP contribution in [0.1, 0.15) is 27.5 Å². The van der Waals surface area contributed by atoms with Crippen LogP contribution in [0.4, 0.5) is 0 Å². The van der Waals surface area contributed by atoms with E-state index in [4.69, 9.17) is 18.6 Å². The zero-order chi connectivity index (χ0) is 15.5. The third-order valence-electron chi connectivity index (χ3n) is 3.23. The van der Waals surface area contributed by atoms with Crippen molar-refractivity contribution >= 4 is 20.7 Å². The Labute approximate surface area is 135 Å². The Balaban J connectivity index is 0.000000282. The Morgan fingerprint density at radius 1 is 1.00 bits per heavy atom. The van der Waals surface area contributed by atoms with Crippen LogP contribution in [-0.2, 0) is 12.8 Å². The van der Waals surface area contributed by atoms with Crippen LogP contribution in [0.5, 0.6) is 0 Å². The Kier molecular flexibility index (Phi) is 5.80. The first-order valence-corrected chi connectivity index (χ1v) is 9.99. The Morgan fingerprint density at radius 3 is 2.14 bits per heavy atom. The predicted octanol–water partition coefficient (Wildman–Crippen LogP) is -2.55. The van der Waals surface area contributed by atoms with Gasteiger partial charge in [0.2, 0.25) is 0 Å². The summed E-state index contributed by atoms with van der Waals surface area (Å²) in [4.78, 5) is 0. The maximum absolute atomic E-state index is 8.49. The van der Waals surface area contributed by atoms with E-state index in [1.165, 1.54) is 36.9 Å². The van der Waals surface area contributed by atoms with Crippen molar-refractivity contribution in [2.75, 3.05) is 0 Å². The standard InChI is InChI=1S/C14H16NTe.ClHO4/c1-11-6-8-13(9-7-11)15-10-12-4-2-3-5-14(12)16-15;2-1(3,4)5/h6-10H,2-5H2,1H3;(H,2,3,4,5)/q+1;/p-1. The van der Waals surface area contributed by atoms with Crippen molar-refractivity contribution in [1.29, 1.82) is 0 Å². The zero-order valence-electron chi connectivity index (χ0n) is 11.6. The van der Waals surface area contributed by atoms with Gasteiger partial charge < -0.3 is 0 Å². The number of rotatable bonds is 1. The van der Waals surface area contributed by atoms with E-state index in [0.29, 0.717) is 0 Å². The fourth-order valence-electron chi connectivity index (χ4n) is 2.25. The van der Waals surface area contributed by atoms with Gasteiger partial charge in [-0.1, -0.05) is 0 Å². The maximum atomic E-state index is 8.49. The average molecular weight is 425 g/mol. The molecular weight excluding hydrogens is 409 g/mol. The number of halogens is 1. The van der Waals surface area contributed by atoms with Gasteiger partial charge in [-0.2, -0.15) is 0 Å². The molecule has 1 aliphatic rings. The third-order valence-corrected chi connectivity index (χ3v) is 6.65. The minimum Gasteiger partial charge on any atom is -0.222 e. The average Bonchev–Trinajstić information content (AvgIpc) is 2.81. The first-order valence-electron chi connectivity index (χ1n) is 6.55. The normalized spacial score (nSPS) is 14.1. The zero-order valence-corrected chi connectivity index (χ0v) is 14.7. The van der Waals surface area contributed by atoms with Gasteiger partial charge in [-0.05, 0) is 0 Å². The molecule has 0 aliphatic heterocycles. The van der Waals surface area contributed by atoms with Gasteiger partial charge in [0, 0.05) is 0 Å². The monoisotopic (exact) mass is 427 g/mol. The maximum Gasteiger partial charge on any atom is -0.112 e. The summed E-state index contributed by atoms with van der Waals surface area (Å²) in [5, 5.41) is 0. The molecule has 0 unspecified atom stereocenters. The van der Waals surface area contributed by atoms with E-state index < -0.39 is 10.2 Å². The second-order valence-electron chi connectivity index (χ2n) is 4.92. The van der Waals surface area contributed by atoms with Gasteiger partial charge in [-0.3, -0.25) is 0 Å². The SMILES string of the molecule is Cc1ccc(-[n+]2cc3c([te]2)CCCC3)cc1.[O-][Cl+3]([O-])([O-])[O-]. The first kappa shape index (κ1) is 16.9. The van der Waals surface area contributed by atoms with Crippen molar-refractivity contribution in [1.82, 2.24) is 0 Å². The summed E-state index contributed by atoms with van der Waals surface area (Å²) in [5.41, 5.74) is 4.40. The van der Waals surface area contributed by atoms with E-state index in [9.17, 15) is 0 Å². The van der Waals surface area contributed by atoms with Gasteiger partial charge in [-0.15, -0.1) is 10.2 Å².